The Kier molecular flexibility index (Phi) is 6.11. The van der Waals surface area contributed by atoms with Crippen molar-refractivity contribution in [3.63, 3.8) is 0 Å². The fraction of sp³-hybridized carbons (Fsp3) is 0.348. The molecule has 3 nitrogen and oxygen atoms in total. The first-order chi connectivity index (χ1) is 12.6. The number of hydrogen-bond acceptors (Lipinski definition) is 2. The zero-order chi connectivity index (χ0) is 18.4. The lowest BCUT2D eigenvalue weighted by Gasteiger charge is -2.30. The van der Waals surface area contributed by atoms with E-state index in [2.05, 4.69) is 54.4 Å². The average molecular weight is 348 g/mol. The number of nitrogens with zero attached hydrogens (tertiary/aromatic N) is 1. The zero-order valence-corrected chi connectivity index (χ0v) is 15.7. The molecule has 0 aromatic heterocycles. The summed E-state index contributed by atoms with van der Waals surface area (Å²) in [6.45, 7) is 6.48. The first-order valence-corrected chi connectivity index (χ1v) is 9.56. The van der Waals surface area contributed by atoms with E-state index in [0.29, 0.717) is 5.92 Å². The fourth-order valence-electron chi connectivity index (χ4n) is 3.33. The molecule has 0 aliphatic carbocycles. The Balaban J connectivity index is 1.66. The van der Waals surface area contributed by atoms with Crippen LogP contribution < -0.4 is 10.2 Å². The number of hydrogen-bond donors (Lipinski definition) is 1. The highest BCUT2D eigenvalue weighted by atomic mass is 16.1. The molecule has 3 rings (SSSR count). The Hall–Kier alpha value is -2.55. The van der Waals surface area contributed by atoms with Crippen molar-refractivity contribution in [1.82, 2.24) is 0 Å². The van der Waals surface area contributed by atoms with Crippen LogP contribution in [-0.2, 0) is 4.79 Å². The van der Waals surface area contributed by atoms with Gasteiger partial charge in [0.05, 0.1) is 11.4 Å². The topological polar surface area (TPSA) is 32.3 Å². The van der Waals surface area contributed by atoms with Crippen molar-refractivity contribution in [1.29, 1.82) is 0 Å². The number of carbonyl (C=O) groups excluding carboxylic acids is 1. The van der Waals surface area contributed by atoms with Crippen molar-refractivity contribution in [2.75, 3.05) is 23.3 Å². The smallest absolute Gasteiger partial charge is 0.248 e. The van der Waals surface area contributed by atoms with Crippen LogP contribution in [0, 0.1) is 0 Å². The van der Waals surface area contributed by atoms with Crippen LogP contribution in [0.2, 0.25) is 0 Å². The third-order valence-electron chi connectivity index (χ3n) is 4.89. The molecular formula is C23H28N2O. The van der Waals surface area contributed by atoms with Crippen molar-refractivity contribution in [2.45, 2.75) is 39.0 Å². The highest BCUT2D eigenvalue weighted by Gasteiger charge is 2.14. The van der Waals surface area contributed by atoms with Crippen LogP contribution in [0.3, 0.4) is 0 Å². The van der Waals surface area contributed by atoms with Gasteiger partial charge in [-0.25, -0.2) is 0 Å². The number of benzene rings is 2. The van der Waals surface area contributed by atoms with Crippen LogP contribution in [-0.4, -0.2) is 19.0 Å². The van der Waals surface area contributed by atoms with Crippen LogP contribution in [0.15, 0.2) is 54.6 Å². The molecule has 26 heavy (non-hydrogen) atoms. The van der Waals surface area contributed by atoms with Crippen molar-refractivity contribution in [3.8, 4) is 0 Å². The molecule has 1 N–H and O–H groups in total. The molecule has 2 aromatic carbocycles. The maximum Gasteiger partial charge on any atom is 0.248 e. The van der Waals surface area contributed by atoms with Crippen LogP contribution in [0.25, 0.3) is 6.08 Å². The summed E-state index contributed by atoms with van der Waals surface area (Å²) in [5.74, 6) is 0.421. The molecule has 0 bridgehead atoms. The van der Waals surface area contributed by atoms with E-state index in [4.69, 9.17) is 0 Å². The van der Waals surface area contributed by atoms with E-state index in [-0.39, 0.29) is 5.91 Å². The third-order valence-corrected chi connectivity index (χ3v) is 4.89. The van der Waals surface area contributed by atoms with E-state index < -0.39 is 0 Å². The molecule has 1 aliphatic heterocycles. The zero-order valence-electron chi connectivity index (χ0n) is 15.7. The van der Waals surface area contributed by atoms with Crippen molar-refractivity contribution < 1.29 is 4.79 Å². The van der Waals surface area contributed by atoms with Crippen molar-refractivity contribution in [2.24, 2.45) is 0 Å². The lowest BCUT2D eigenvalue weighted by Crippen LogP contribution is -2.30. The largest absolute Gasteiger partial charge is 0.370 e. The van der Waals surface area contributed by atoms with E-state index in [1.807, 2.05) is 24.3 Å². The molecular weight excluding hydrogens is 320 g/mol. The monoisotopic (exact) mass is 348 g/mol. The first-order valence-electron chi connectivity index (χ1n) is 9.56. The molecule has 0 saturated carbocycles. The van der Waals surface area contributed by atoms with Crippen LogP contribution in [0.5, 0.6) is 0 Å². The first kappa shape index (κ1) is 18.2. The van der Waals surface area contributed by atoms with E-state index in [1.165, 1.54) is 24.8 Å². The molecule has 1 saturated heterocycles. The number of rotatable bonds is 5. The van der Waals surface area contributed by atoms with E-state index in [9.17, 15) is 4.79 Å². The molecule has 0 spiro atoms. The minimum absolute atomic E-state index is 0.0950. The van der Waals surface area contributed by atoms with Crippen LogP contribution >= 0.6 is 0 Å². The molecule has 1 aliphatic rings. The summed E-state index contributed by atoms with van der Waals surface area (Å²) in [5, 5.41) is 3.04. The molecule has 2 aromatic rings. The van der Waals surface area contributed by atoms with Crippen LogP contribution in [0.1, 0.15) is 50.2 Å². The molecule has 1 amide bonds. The summed E-state index contributed by atoms with van der Waals surface area (Å²) >= 11 is 0. The fourth-order valence-corrected chi connectivity index (χ4v) is 3.33. The van der Waals surface area contributed by atoms with Gasteiger partial charge in [-0.3, -0.25) is 4.79 Å². The number of carbonyl (C=O) groups is 1. The minimum atomic E-state index is -0.0950. The van der Waals surface area contributed by atoms with Gasteiger partial charge in [0.1, 0.15) is 0 Å². The second-order valence-electron chi connectivity index (χ2n) is 7.21. The average Bonchev–Trinajstić information content (AvgIpc) is 2.68. The maximum absolute atomic E-state index is 12.4. The van der Waals surface area contributed by atoms with Crippen molar-refractivity contribution >= 4 is 23.4 Å². The van der Waals surface area contributed by atoms with Gasteiger partial charge >= 0.3 is 0 Å². The number of para-hydroxylation sites is 2. The lowest BCUT2D eigenvalue weighted by molar-refractivity contribution is -0.111. The van der Waals surface area contributed by atoms with E-state index in [1.54, 1.807) is 6.08 Å². The Morgan fingerprint density at radius 2 is 1.69 bits per heavy atom. The number of anilines is 2. The molecule has 1 heterocycles. The third kappa shape index (κ3) is 4.75. The van der Waals surface area contributed by atoms with Gasteiger partial charge in [-0.2, -0.15) is 0 Å². The van der Waals surface area contributed by atoms with Gasteiger partial charge in [-0.15, -0.1) is 0 Å². The highest BCUT2D eigenvalue weighted by Crippen LogP contribution is 2.28. The van der Waals surface area contributed by atoms with E-state index in [0.717, 1.165) is 30.0 Å². The lowest BCUT2D eigenvalue weighted by atomic mass is 10.0. The summed E-state index contributed by atoms with van der Waals surface area (Å²) in [6, 6.07) is 16.4. The Bertz CT molecular complexity index is 756. The van der Waals surface area contributed by atoms with Gasteiger partial charge in [0.2, 0.25) is 5.91 Å². The standard InChI is InChI=1S/C23H28N2O/c1-18(2)20-13-10-19(11-14-20)12-15-23(26)24-21-8-4-5-9-22(21)25-16-6-3-7-17-25/h4-5,8-15,18H,3,6-7,16-17H2,1-2H3,(H,24,26). The quantitative estimate of drug-likeness (QED) is 0.729. The minimum Gasteiger partial charge on any atom is -0.370 e. The summed E-state index contributed by atoms with van der Waals surface area (Å²) < 4.78 is 0. The predicted molar refractivity (Wildman–Crippen MR) is 111 cm³/mol. The van der Waals surface area contributed by atoms with Crippen LogP contribution in [0.4, 0.5) is 11.4 Å². The number of nitrogens with one attached hydrogen (secondary N) is 1. The maximum atomic E-state index is 12.4. The van der Waals surface area contributed by atoms with Gasteiger partial charge < -0.3 is 10.2 Å². The normalized spacial score (nSPS) is 14.8. The molecule has 0 unspecified atom stereocenters. The highest BCUT2D eigenvalue weighted by molar-refractivity contribution is 6.03. The van der Waals surface area contributed by atoms with Gasteiger partial charge in [-0.1, -0.05) is 50.2 Å². The summed E-state index contributed by atoms with van der Waals surface area (Å²) in [4.78, 5) is 14.7. The Morgan fingerprint density at radius 1 is 1.00 bits per heavy atom. The van der Waals surface area contributed by atoms with Gasteiger partial charge in [0.25, 0.3) is 0 Å². The summed E-state index contributed by atoms with van der Waals surface area (Å²) in [7, 11) is 0. The second kappa shape index (κ2) is 8.70. The van der Waals surface area contributed by atoms with E-state index >= 15 is 0 Å². The number of piperidine rings is 1. The van der Waals surface area contributed by atoms with Gasteiger partial charge in [0.15, 0.2) is 0 Å². The van der Waals surface area contributed by atoms with Crippen molar-refractivity contribution in [3.05, 3.63) is 65.7 Å². The van der Waals surface area contributed by atoms with Gasteiger partial charge in [-0.05, 0) is 54.5 Å². The molecule has 1 fully saturated rings. The molecule has 0 atom stereocenters. The predicted octanol–water partition coefficient (Wildman–Crippen LogP) is 5.45. The Labute approximate surface area is 156 Å². The molecule has 0 radical (unpaired) electrons. The second-order valence-corrected chi connectivity index (χ2v) is 7.21. The summed E-state index contributed by atoms with van der Waals surface area (Å²) in [5.41, 5.74) is 4.35. The molecule has 136 valence electrons. The number of amides is 1. The molecule has 3 heteroatoms. The summed E-state index contributed by atoms with van der Waals surface area (Å²) in [6.07, 6.45) is 7.20. The Morgan fingerprint density at radius 3 is 2.38 bits per heavy atom. The SMILES string of the molecule is CC(C)c1ccc(C=CC(=O)Nc2ccccc2N2CCCCC2)cc1. The van der Waals surface area contributed by atoms with Gasteiger partial charge in [0, 0.05) is 19.2 Å².